The van der Waals surface area contributed by atoms with Crippen LogP contribution in [0.3, 0.4) is 0 Å². The van der Waals surface area contributed by atoms with Crippen LogP contribution in [-0.4, -0.2) is 28.0 Å². The molecule has 5 aromatic rings. The summed E-state index contributed by atoms with van der Waals surface area (Å²) in [5, 5.41) is 16.7. The van der Waals surface area contributed by atoms with Crippen LogP contribution < -0.4 is 15.4 Å². The summed E-state index contributed by atoms with van der Waals surface area (Å²) >= 11 is 5.35. The van der Waals surface area contributed by atoms with Crippen LogP contribution in [0.25, 0.3) is 33.9 Å². The van der Waals surface area contributed by atoms with E-state index >= 15 is 0 Å². The Morgan fingerprint density at radius 2 is 1.87 bits per heavy atom. The van der Waals surface area contributed by atoms with Gasteiger partial charge in [-0.1, -0.05) is 18.2 Å². The van der Waals surface area contributed by atoms with E-state index in [1.54, 1.807) is 43.5 Å². The number of non-ortho nitro benzene ring substituents is 1. The van der Waals surface area contributed by atoms with Gasteiger partial charge in [0.15, 0.2) is 16.5 Å². The number of rotatable bonds is 6. The standard InChI is InChI=1S/C27H20N4O6S/c1-15-6-7-17(26-28-21-14-19(35-2)8-9-23(21)37-26)13-20(15)29-27(38)30-25(32)24-11-10-22(36-24)16-4-3-5-18(12-16)31(33)34/h3-14H,1-2H3,(H2,29,30,32,38). The Hall–Kier alpha value is -5.03. The third-order valence-corrected chi connectivity index (χ3v) is 5.93. The smallest absolute Gasteiger partial charge is 0.293 e. The minimum Gasteiger partial charge on any atom is -0.497 e. The second kappa shape index (κ2) is 10.1. The summed E-state index contributed by atoms with van der Waals surface area (Å²) in [6, 6.07) is 20.0. The Labute approximate surface area is 221 Å². The molecule has 1 amide bonds. The largest absolute Gasteiger partial charge is 0.497 e. The van der Waals surface area contributed by atoms with E-state index in [1.807, 2.05) is 25.1 Å². The molecule has 38 heavy (non-hydrogen) atoms. The first-order valence-corrected chi connectivity index (χ1v) is 11.7. The van der Waals surface area contributed by atoms with E-state index in [0.29, 0.717) is 39.8 Å². The second-order valence-electron chi connectivity index (χ2n) is 8.26. The fourth-order valence-corrected chi connectivity index (χ4v) is 3.96. The van der Waals surface area contributed by atoms with Gasteiger partial charge in [0.25, 0.3) is 11.6 Å². The Bertz CT molecular complexity index is 1710. The third kappa shape index (κ3) is 5.08. The van der Waals surface area contributed by atoms with Crippen molar-refractivity contribution in [3.05, 3.63) is 94.2 Å². The first-order valence-electron chi connectivity index (χ1n) is 11.3. The number of aromatic nitrogens is 1. The number of anilines is 1. The van der Waals surface area contributed by atoms with Crippen molar-refractivity contribution in [2.75, 3.05) is 12.4 Å². The first-order chi connectivity index (χ1) is 18.3. The van der Waals surface area contributed by atoms with Gasteiger partial charge in [0, 0.05) is 35.0 Å². The van der Waals surface area contributed by atoms with Crippen LogP contribution in [0.4, 0.5) is 11.4 Å². The average molecular weight is 529 g/mol. The molecule has 190 valence electrons. The highest BCUT2D eigenvalue weighted by atomic mass is 32.1. The lowest BCUT2D eigenvalue weighted by molar-refractivity contribution is -0.384. The zero-order chi connectivity index (χ0) is 26.8. The number of carbonyl (C=O) groups is 1. The number of oxazole rings is 1. The number of nitrogens with zero attached hydrogens (tertiary/aromatic N) is 2. The van der Waals surface area contributed by atoms with Gasteiger partial charge in [-0.05, 0) is 61.1 Å². The number of furan rings is 1. The van der Waals surface area contributed by atoms with E-state index in [-0.39, 0.29) is 16.6 Å². The van der Waals surface area contributed by atoms with Crippen molar-refractivity contribution in [2.24, 2.45) is 0 Å². The van der Waals surface area contributed by atoms with Crippen LogP contribution in [0.5, 0.6) is 5.75 Å². The first kappa shape index (κ1) is 24.7. The van der Waals surface area contributed by atoms with Crippen LogP contribution in [0, 0.1) is 17.0 Å². The van der Waals surface area contributed by atoms with E-state index in [1.165, 1.54) is 18.2 Å². The lowest BCUT2D eigenvalue weighted by Crippen LogP contribution is -2.34. The van der Waals surface area contributed by atoms with Crippen LogP contribution in [0.15, 0.2) is 81.6 Å². The molecule has 0 radical (unpaired) electrons. The van der Waals surface area contributed by atoms with Crippen molar-refractivity contribution in [1.29, 1.82) is 0 Å². The average Bonchev–Trinajstić information content (AvgIpc) is 3.57. The summed E-state index contributed by atoms with van der Waals surface area (Å²) in [5.74, 6) is 0.857. The number of aryl methyl sites for hydroxylation is 1. The molecule has 0 unspecified atom stereocenters. The number of benzene rings is 3. The van der Waals surface area contributed by atoms with E-state index in [0.717, 1.165) is 11.1 Å². The summed E-state index contributed by atoms with van der Waals surface area (Å²) in [6.45, 7) is 1.89. The molecule has 0 aliphatic carbocycles. The minimum atomic E-state index is -0.569. The Morgan fingerprint density at radius 1 is 1.03 bits per heavy atom. The maximum Gasteiger partial charge on any atom is 0.293 e. The maximum absolute atomic E-state index is 12.7. The summed E-state index contributed by atoms with van der Waals surface area (Å²) < 4.78 is 16.7. The van der Waals surface area contributed by atoms with Crippen molar-refractivity contribution in [2.45, 2.75) is 6.92 Å². The number of carbonyl (C=O) groups excluding carboxylic acids is 1. The maximum atomic E-state index is 12.7. The number of nitro benzene ring substituents is 1. The predicted molar refractivity (Wildman–Crippen MR) is 145 cm³/mol. The van der Waals surface area contributed by atoms with Gasteiger partial charge in [-0.15, -0.1) is 0 Å². The van der Waals surface area contributed by atoms with Crippen molar-refractivity contribution in [1.82, 2.24) is 10.3 Å². The summed E-state index contributed by atoms with van der Waals surface area (Å²) in [7, 11) is 1.59. The summed E-state index contributed by atoms with van der Waals surface area (Å²) in [6.07, 6.45) is 0. The predicted octanol–water partition coefficient (Wildman–Crippen LogP) is 6.11. The quantitative estimate of drug-likeness (QED) is 0.152. The van der Waals surface area contributed by atoms with Gasteiger partial charge < -0.3 is 18.9 Å². The number of hydrogen-bond acceptors (Lipinski definition) is 8. The lowest BCUT2D eigenvalue weighted by Gasteiger charge is -2.12. The number of amides is 1. The van der Waals surface area contributed by atoms with Crippen LogP contribution in [-0.2, 0) is 0 Å². The normalized spacial score (nSPS) is 10.8. The molecular formula is C27H20N4O6S. The molecule has 0 aliphatic rings. The molecule has 11 heteroatoms. The molecule has 0 bridgehead atoms. The van der Waals surface area contributed by atoms with Crippen LogP contribution in [0.2, 0.25) is 0 Å². The molecular weight excluding hydrogens is 508 g/mol. The molecule has 5 rings (SSSR count). The topological polar surface area (TPSA) is 133 Å². The summed E-state index contributed by atoms with van der Waals surface area (Å²) in [4.78, 5) is 27.8. The second-order valence-corrected chi connectivity index (χ2v) is 8.67. The molecule has 0 saturated carbocycles. The van der Waals surface area contributed by atoms with Crippen molar-refractivity contribution >= 4 is 45.7 Å². The molecule has 3 aromatic carbocycles. The SMILES string of the molecule is COc1ccc2oc(-c3ccc(C)c(NC(=S)NC(=O)c4ccc(-c5cccc([N+](=O)[O-])c5)o4)c3)nc2c1. The lowest BCUT2D eigenvalue weighted by atomic mass is 10.1. The third-order valence-electron chi connectivity index (χ3n) is 5.73. The number of thiocarbonyl (C=S) groups is 1. The van der Waals surface area contributed by atoms with Crippen molar-refractivity contribution in [3.63, 3.8) is 0 Å². The zero-order valence-corrected chi connectivity index (χ0v) is 21.0. The Balaban J connectivity index is 1.29. The number of nitrogens with one attached hydrogen (secondary N) is 2. The molecule has 10 nitrogen and oxygen atoms in total. The van der Waals surface area contributed by atoms with E-state index in [2.05, 4.69) is 15.6 Å². The van der Waals surface area contributed by atoms with Gasteiger partial charge in [-0.2, -0.15) is 0 Å². The number of hydrogen-bond donors (Lipinski definition) is 2. The number of methoxy groups -OCH3 is 1. The van der Waals surface area contributed by atoms with Crippen molar-refractivity contribution in [3.8, 4) is 28.5 Å². The van der Waals surface area contributed by atoms with Gasteiger partial charge in [0.05, 0.1) is 12.0 Å². The molecule has 0 fully saturated rings. The monoisotopic (exact) mass is 528 g/mol. The highest BCUT2D eigenvalue weighted by Crippen LogP contribution is 2.30. The fourth-order valence-electron chi connectivity index (χ4n) is 3.75. The Morgan fingerprint density at radius 3 is 2.66 bits per heavy atom. The number of nitro groups is 1. The van der Waals surface area contributed by atoms with Crippen molar-refractivity contribution < 1.29 is 23.3 Å². The minimum absolute atomic E-state index is 0.00281. The van der Waals surface area contributed by atoms with E-state index in [4.69, 9.17) is 25.8 Å². The molecule has 0 spiro atoms. The molecule has 0 saturated heterocycles. The number of fused-ring (bicyclic) bond motifs is 1. The van der Waals surface area contributed by atoms with Gasteiger partial charge in [0.1, 0.15) is 17.0 Å². The molecule has 0 aliphatic heterocycles. The summed E-state index contributed by atoms with van der Waals surface area (Å²) in [5.41, 5.74) is 3.95. The number of ether oxygens (including phenoxy) is 1. The Kier molecular flexibility index (Phi) is 6.58. The van der Waals surface area contributed by atoms with Gasteiger partial charge in [-0.25, -0.2) is 4.98 Å². The highest BCUT2D eigenvalue weighted by molar-refractivity contribution is 7.80. The van der Waals surface area contributed by atoms with E-state index < -0.39 is 10.8 Å². The van der Waals surface area contributed by atoms with E-state index in [9.17, 15) is 14.9 Å². The molecule has 2 aromatic heterocycles. The van der Waals surface area contributed by atoms with Crippen LogP contribution in [0.1, 0.15) is 16.1 Å². The molecule has 2 heterocycles. The fraction of sp³-hybridized carbons (Fsp3) is 0.0741. The molecule has 0 atom stereocenters. The highest BCUT2D eigenvalue weighted by Gasteiger charge is 2.17. The van der Waals surface area contributed by atoms with Gasteiger partial charge in [-0.3, -0.25) is 20.2 Å². The van der Waals surface area contributed by atoms with Crippen LogP contribution >= 0.6 is 12.2 Å². The van der Waals surface area contributed by atoms with Gasteiger partial charge in [0.2, 0.25) is 5.89 Å². The molecule has 2 N–H and O–H groups in total. The zero-order valence-electron chi connectivity index (χ0n) is 20.2. The van der Waals surface area contributed by atoms with Gasteiger partial charge >= 0.3 is 0 Å².